The van der Waals surface area contributed by atoms with Crippen molar-refractivity contribution in [3.05, 3.63) is 70.7 Å². The predicted molar refractivity (Wildman–Crippen MR) is 121 cm³/mol. The first kappa shape index (κ1) is 21.4. The van der Waals surface area contributed by atoms with E-state index < -0.39 is 0 Å². The number of ether oxygens (including phenoxy) is 1. The first-order chi connectivity index (χ1) is 14.7. The highest BCUT2D eigenvalue weighted by atomic mass is 35.5. The SMILES string of the molecule is O=C(Cc1ccccc1Cl)N1CCC(N2CCC[C@@H]2COCc2ccccc2)CC1. The van der Waals surface area contributed by atoms with E-state index in [-0.39, 0.29) is 5.91 Å². The van der Waals surface area contributed by atoms with Crippen LogP contribution in [0.5, 0.6) is 0 Å². The van der Waals surface area contributed by atoms with E-state index in [1.165, 1.54) is 18.4 Å². The third-order valence-electron chi connectivity index (χ3n) is 6.43. The summed E-state index contributed by atoms with van der Waals surface area (Å²) in [6.45, 7) is 4.29. The van der Waals surface area contributed by atoms with Gasteiger partial charge >= 0.3 is 0 Å². The second-order valence-corrected chi connectivity index (χ2v) is 8.82. The molecule has 2 aromatic rings. The molecule has 0 spiro atoms. The average molecular weight is 427 g/mol. The van der Waals surface area contributed by atoms with E-state index >= 15 is 0 Å². The Hall–Kier alpha value is -1.88. The first-order valence-electron chi connectivity index (χ1n) is 11.1. The van der Waals surface area contributed by atoms with Gasteiger partial charge in [-0.05, 0) is 49.4 Å². The van der Waals surface area contributed by atoms with Crippen molar-refractivity contribution < 1.29 is 9.53 Å². The van der Waals surface area contributed by atoms with Gasteiger partial charge in [-0.3, -0.25) is 9.69 Å². The van der Waals surface area contributed by atoms with Gasteiger partial charge in [-0.25, -0.2) is 0 Å². The topological polar surface area (TPSA) is 32.8 Å². The van der Waals surface area contributed by atoms with Crippen LogP contribution < -0.4 is 0 Å². The Morgan fingerprint density at radius 1 is 0.967 bits per heavy atom. The standard InChI is InChI=1S/C25H31ClN2O2/c26-24-11-5-4-9-21(24)17-25(29)27-15-12-22(13-16-27)28-14-6-10-23(28)19-30-18-20-7-2-1-3-8-20/h1-5,7-9,11,22-23H,6,10,12-19H2/t23-/m1/s1. The van der Waals surface area contributed by atoms with Gasteiger partial charge in [0.15, 0.2) is 0 Å². The van der Waals surface area contributed by atoms with E-state index in [0.29, 0.717) is 30.1 Å². The van der Waals surface area contributed by atoms with Crippen LogP contribution in [0.15, 0.2) is 54.6 Å². The molecule has 2 aromatic carbocycles. The minimum absolute atomic E-state index is 0.186. The zero-order chi connectivity index (χ0) is 20.8. The molecule has 0 unspecified atom stereocenters. The fraction of sp³-hybridized carbons (Fsp3) is 0.480. The maximum Gasteiger partial charge on any atom is 0.227 e. The Balaban J connectivity index is 1.23. The van der Waals surface area contributed by atoms with Crippen molar-refractivity contribution in [2.75, 3.05) is 26.2 Å². The number of rotatable bonds is 7. The molecule has 1 atom stereocenters. The lowest BCUT2D eigenvalue weighted by molar-refractivity contribution is -0.132. The van der Waals surface area contributed by atoms with Crippen molar-refractivity contribution in [3.8, 4) is 0 Å². The summed E-state index contributed by atoms with van der Waals surface area (Å²) in [4.78, 5) is 17.4. The number of piperidine rings is 1. The van der Waals surface area contributed by atoms with Crippen LogP contribution >= 0.6 is 11.6 Å². The molecule has 4 rings (SSSR count). The molecule has 0 bridgehead atoms. The van der Waals surface area contributed by atoms with E-state index in [1.54, 1.807) is 0 Å². The Kier molecular flexibility index (Phi) is 7.42. The van der Waals surface area contributed by atoms with Crippen LogP contribution in [-0.2, 0) is 22.6 Å². The van der Waals surface area contributed by atoms with E-state index in [0.717, 1.165) is 44.6 Å². The van der Waals surface area contributed by atoms with Crippen LogP contribution in [0, 0.1) is 0 Å². The zero-order valence-electron chi connectivity index (χ0n) is 17.5. The van der Waals surface area contributed by atoms with E-state index in [2.05, 4.69) is 29.2 Å². The van der Waals surface area contributed by atoms with Gasteiger partial charge in [-0.15, -0.1) is 0 Å². The van der Waals surface area contributed by atoms with Crippen LogP contribution in [0.2, 0.25) is 5.02 Å². The Morgan fingerprint density at radius 3 is 2.47 bits per heavy atom. The fourth-order valence-corrected chi connectivity index (χ4v) is 4.97. The van der Waals surface area contributed by atoms with Crippen molar-refractivity contribution >= 4 is 17.5 Å². The highest BCUT2D eigenvalue weighted by Gasteiger charge is 2.33. The molecule has 2 heterocycles. The van der Waals surface area contributed by atoms with Crippen molar-refractivity contribution in [3.63, 3.8) is 0 Å². The number of hydrogen-bond acceptors (Lipinski definition) is 3. The molecule has 0 N–H and O–H groups in total. The van der Waals surface area contributed by atoms with Crippen LogP contribution in [0.25, 0.3) is 0 Å². The van der Waals surface area contributed by atoms with Gasteiger partial charge < -0.3 is 9.64 Å². The summed E-state index contributed by atoms with van der Waals surface area (Å²) in [5.41, 5.74) is 2.15. The third-order valence-corrected chi connectivity index (χ3v) is 6.80. The number of halogens is 1. The molecule has 5 heteroatoms. The van der Waals surface area contributed by atoms with Crippen LogP contribution in [0.3, 0.4) is 0 Å². The molecule has 0 aromatic heterocycles. The summed E-state index contributed by atoms with van der Waals surface area (Å²) in [7, 11) is 0. The second kappa shape index (κ2) is 10.4. The molecular weight excluding hydrogens is 396 g/mol. The minimum Gasteiger partial charge on any atom is -0.375 e. The van der Waals surface area contributed by atoms with Gasteiger partial charge in [0, 0.05) is 30.2 Å². The summed E-state index contributed by atoms with van der Waals surface area (Å²) < 4.78 is 6.04. The van der Waals surface area contributed by atoms with Gasteiger partial charge in [0.05, 0.1) is 19.6 Å². The van der Waals surface area contributed by atoms with Crippen molar-refractivity contribution in [1.82, 2.24) is 9.80 Å². The van der Waals surface area contributed by atoms with E-state index in [9.17, 15) is 4.79 Å². The molecule has 0 radical (unpaired) electrons. The number of benzene rings is 2. The highest BCUT2D eigenvalue weighted by molar-refractivity contribution is 6.31. The molecule has 160 valence electrons. The monoisotopic (exact) mass is 426 g/mol. The van der Waals surface area contributed by atoms with Crippen LogP contribution in [0.1, 0.15) is 36.8 Å². The average Bonchev–Trinajstić information content (AvgIpc) is 3.25. The zero-order valence-corrected chi connectivity index (χ0v) is 18.3. The first-order valence-corrected chi connectivity index (χ1v) is 11.5. The maximum atomic E-state index is 12.7. The highest BCUT2D eigenvalue weighted by Crippen LogP contribution is 2.27. The van der Waals surface area contributed by atoms with Gasteiger partial charge in [-0.1, -0.05) is 60.1 Å². The van der Waals surface area contributed by atoms with Crippen LogP contribution in [0.4, 0.5) is 0 Å². The third kappa shape index (κ3) is 5.42. The van der Waals surface area contributed by atoms with Gasteiger partial charge in [0.2, 0.25) is 5.91 Å². The second-order valence-electron chi connectivity index (χ2n) is 8.41. The Morgan fingerprint density at radius 2 is 1.70 bits per heavy atom. The van der Waals surface area contributed by atoms with Gasteiger partial charge in [-0.2, -0.15) is 0 Å². The molecule has 1 amide bonds. The summed E-state index contributed by atoms with van der Waals surface area (Å²) in [6, 6.07) is 19.1. The summed E-state index contributed by atoms with van der Waals surface area (Å²) in [5, 5.41) is 0.677. The fourth-order valence-electron chi connectivity index (χ4n) is 4.77. The quantitative estimate of drug-likeness (QED) is 0.650. The molecule has 2 aliphatic rings. The molecule has 0 aliphatic carbocycles. The summed E-state index contributed by atoms with van der Waals surface area (Å²) >= 11 is 6.22. The normalized spacial score (nSPS) is 20.6. The number of nitrogens with zero attached hydrogens (tertiary/aromatic N) is 2. The minimum atomic E-state index is 0.186. The number of carbonyl (C=O) groups is 1. The largest absolute Gasteiger partial charge is 0.375 e. The number of amides is 1. The number of carbonyl (C=O) groups excluding carboxylic acids is 1. The van der Waals surface area contributed by atoms with Gasteiger partial charge in [0.25, 0.3) is 0 Å². The molecule has 2 saturated heterocycles. The molecule has 30 heavy (non-hydrogen) atoms. The lowest BCUT2D eigenvalue weighted by Gasteiger charge is -2.39. The van der Waals surface area contributed by atoms with Gasteiger partial charge in [0.1, 0.15) is 0 Å². The predicted octanol–water partition coefficient (Wildman–Crippen LogP) is 4.55. The van der Waals surface area contributed by atoms with Crippen molar-refractivity contribution in [2.24, 2.45) is 0 Å². The smallest absolute Gasteiger partial charge is 0.227 e. The summed E-state index contributed by atoms with van der Waals surface area (Å²) in [6.07, 6.45) is 4.93. The number of hydrogen-bond donors (Lipinski definition) is 0. The lowest BCUT2D eigenvalue weighted by Crippen LogP contribution is -2.49. The molecule has 4 nitrogen and oxygen atoms in total. The number of likely N-dealkylation sites (tertiary alicyclic amines) is 2. The lowest BCUT2D eigenvalue weighted by atomic mass is 10.0. The van der Waals surface area contributed by atoms with Crippen LogP contribution in [-0.4, -0.2) is 54.0 Å². The van der Waals surface area contributed by atoms with Crippen molar-refractivity contribution in [2.45, 2.75) is 50.8 Å². The molecule has 2 aliphatic heterocycles. The maximum absolute atomic E-state index is 12.7. The molecular formula is C25H31ClN2O2. The summed E-state index contributed by atoms with van der Waals surface area (Å²) in [5.74, 6) is 0.186. The van der Waals surface area contributed by atoms with Crippen molar-refractivity contribution in [1.29, 1.82) is 0 Å². The Bertz CT molecular complexity index is 821. The Labute approximate surface area is 184 Å². The molecule has 0 saturated carbocycles. The van der Waals surface area contributed by atoms with E-state index in [1.807, 2.05) is 35.2 Å². The molecule has 2 fully saturated rings. The van der Waals surface area contributed by atoms with E-state index in [4.69, 9.17) is 16.3 Å².